The Balaban J connectivity index is 0.00000210. The Bertz CT molecular complexity index is 707. The van der Waals surface area contributed by atoms with Crippen LogP contribution in [0.25, 0.3) is 0 Å². The van der Waals surface area contributed by atoms with Crippen LogP contribution in [0, 0.1) is 23.0 Å². The smallest absolute Gasteiger partial charge is 0.191 e. The minimum Gasteiger partial charge on any atom is -0.377 e. The maximum atomic E-state index is 14.0. The number of benzene rings is 1. The molecule has 4 rings (SSSR count). The number of hydrogen-bond acceptors (Lipinski definition) is 2. The van der Waals surface area contributed by atoms with Crippen molar-refractivity contribution in [3.8, 4) is 0 Å². The second kappa shape index (κ2) is 7.81. The van der Waals surface area contributed by atoms with E-state index in [0.717, 1.165) is 19.4 Å². The summed E-state index contributed by atoms with van der Waals surface area (Å²) in [5.41, 5.74) is 0.230. The summed E-state index contributed by atoms with van der Waals surface area (Å²) < 4.78 is 33.9. The van der Waals surface area contributed by atoms with Crippen molar-refractivity contribution in [3.05, 3.63) is 35.4 Å². The molecule has 0 radical (unpaired) electrons. The topological polar surface area (TPSA) is 45.7 Å². The van der Waals surface area contributed by atoms with E-state index >= 15 is 0 Å². The fourth-order valence-electron chi connectivity index (χ4n) is 4.85. The lowest BCUT2D eigenvalue weighted by molar-refractivity contribution is -0.188. The summed E-state index contributed by atoms with van der Waals surface area (Å²) in [6, 6.07) is 4.35. The molecule has 0 amide bonds. The van der Waals surface area contributed by atoms with Crippen LogP contribution in [0.3, 0.4) is 0 Å². The van der Waals surface area contributed by atoms with E-state index < -0.39 is 11.6 Å². The van der Waals surface area contributed by atoms with E-state index in [1.165, 1.54) is 18.2 Å². The monoisotopic (exact) mass is 491 g/mol. The molecule has 2 saturated carbocycles. The summed E-state index contributed by atoms with van der Waals surface area (Å²) in [7, 11) is 1.73. The predicted octanol–water partition coefficient (Wildman–Crippen LogP) is 3.81. The fraction of sp³-hybridized carbons (Fsp3) is 0.650. The van der Waals surface area contributed by atoms with Crippen LogP contribution in [-0.4, -0.2) is 37.8 Å². The van der Waals surface area contributed by atoms with Crippen molar-refractivity contribution in [2.45, 2.75) is 57.2 Å². The average molecular weight is 491 g/mol. The molecule has 2 aliphatic carbocycles. The van der Waals surface area contributed by atoms with Gasteiger partial charge in [0.15, 0.2) is 5.96 Å². The standard InChI is InChI=1S/C20H27F2N3O.HI/c1-20(2)17(11-6-5-9-26-18(11)20)25-19(23-3)24-15-10-12(15)16-13(21)7-4-8-14(16)22;/h4,7-8,11-12,15,17-18H,5-6,9-10H2,1-3H3,(H2,23,24,25);1H. The van der Waals surface area contributed by atoms with Gasteiger partial charge in [-0.25, -0.2) is 8.78 Å². The largest absolute Gasteiger partial charge is 0.377 e. The lowest BCUT2D eigenvalue weighted by Crippen LogP contribution is -2.71. The number of nitrogens with one attached hydrogen (secondary N) is 2. The van der Waals surface area contributed by atoms with Crippen LogP contribution >= 0.6 is 24.0 Å². The van der Waals surface area contributed by atoms with Crippen molar-refractivity contribution in [2.24, 2.45) is 16.3 Å². The van der Waals surface area contributed by atoms with E-state index in [4.69, 9.17) is 4.74 Å². The van der Waals surface area contributed by atoms with Gasteiger partial charge in [0, 0.05) is 48.6 Å². The first-order chi connectivity index (χ1) is 12.4. The molecule has 5 unspecified atom stereocenters. The van der Waals surface area contributed by atoms with E-state index in [2.05, 4.69) is 29.5 Å². The zero-order valence-electron chi connectivity index (χ0n) is 16.0. The Labute approximate surface area is 176 Å². The first-order valence-electron chi connectivity index (χ1n) is 9.49. The molecule has 1 heterocycles. The number of aliphatic imine (C=N–C) groups is 1. The number of halogens is 3. The van der Waals surface area contributed by atoms with Crippen molar-refractivity contribution in [2.75, 3.05) is 13.7 Å². The highest BCUT2D eigenvalue weighted by Crippen LogP contribution is 2.51. The van der Waals surface area contributed by atoms with Gasteiger partial charge in [-0.2, -0.15) is 0 Å². The van der Waals surface area contributed by atoms with Crippen LogP contribution in [0.2, 0.25) is 0 Å². The molecule has 3 fully saturated rings. The van der Waals surface area contributed by atoms with Crippen LogP contribution in [-0.2, 0) is 4.74 Å². The van der Waals surface area contributed by atoms with Gasteiger partial charge in [0.1, 0.15) is 11.6 Å². The molecule has 1 aromatic carbocycles. The number of nitrogens with zero attached hydrogens (tertiary/aromatic N) is 1. The van der Waals surface area contributed by atoms with Gasteiger partial charge in [0.25, 0.3) is 0 Å². The van der Waals surface area contributed by atoms with Crippen molar-refractivity contribution < 1.29 is 13.5 Å². The third-order valence-electron chi connectivity index (χ3n) is 6.33. The van der Waals surface area contributed by atoms with Crippen LogP contribution in [0.15, 0.2) is 23.2 Å². The number of ether oxygens (including phenoxy) is 1. The van der Waals surface area contributed by atoms with Crippen molar-refractivity contribution in [3.63, 3.8) is 0 Å². The van der Waals surface area contributed by atoms with E-state index in [-0.39, 0.29) is 46.9 Å². The molecular formula is C20H28F2IN3O. The lowest BCUT2D eigenvalue weighted by Gasteiger charge is -2.60. The molecule has 1 aromatic rings. The Morgan fingerprint density at radius 1 is 1.22 bits per heavy atom. The molecule has 2 N–H and O–H groups in total. The molecule has 150 valence electrons. The van der Waals surface area contributed by atoms with Crippen molar-refractivity contribution in [1.82, 2.24) is 10.6 Å². The summed E-state index contributed by atoms with van der Waals surface area (Å²) in [5, 5.41) is 6.88. The second-order valence-electron chi connectivity index (χ2n) is 8.34. The number of guanidine groups is 1. The minimum absolute atomic E-state index is 0. The molecule has 0 spiro atoms. The Morgan fingerprint density at radius 2 is 1.93 bits per heavy atom. The van der Waals surface area contributed by atoms with Crippen LogP contribution in [0.1, 0.15) is 44.6 Å². The predicted molar refractivity (Wildman–Crippen MR) is 113 cm³/mol. The molecule has 0 bridgehead atoms. The highest BCUT2D eigenvalue weighted by molar-refractivity contribution is 14.0. The molecule has 0 aromatic heterocycles. The van der Waals surface area contributed by atoms with E-state index in [0.29, 0.717) is 30.4 Å². The van der Waals surface area contributed by atoms with Gasteiger partial charge in [0.05, 0.1) is 6.10 Å². The van der Waals surface area contributed by atoms with E-state index in [9.17, 15) is 8.78 Å². The molecule has 27 heavy (non-hydrogen) atoms. The third-order valence-corrected chi connectivity index (χ3v) is 6.33. The number of hydrogen-bond donors (Lipinski definition) is 2. The van der Waals surface area contributed by atoms with Crippen molar-refractivity contribution in [1.29, 1.82) is 0 Å². The van der Waals surface area contributed by atoms with E-state index in [1.807, 2.05) is 0 Å². The summed E-state index contributed by atoms with van der Waals surface area (Å²) in [5.74, 6) is 0.122. The lowest BCUT2D eigenvalue weighted by atomic mass is 9.55. The molecule has 3 aliphatic rings. The van der Waals surface area contributed by atoms with Gasteiger partial charge in [-0.3, -0.25) is 4.99 Å². The molecule has 7 heteroatoms. The van der Waals surface area contributed by atoms with Crippen molar-refractivity contribution >= 4 is 29.9 Å². The Morgan fingerprint density at radius 3 is 2.59 bits per heavy atom. The molecule has 1 saturated heterocycles. The van der Waals surface area contributed by atoms with Gasteiger partial charge in [-0.05, 0) is 31.4 Å². The van der Waals surface area contributed by atoms with Gasteiger partial charge in [-0.1, -0.05) is 19.9 Å². The zero-order chi connectivity index (χ0) is 18.5. The first kappa shape index (κ1) is 20.8. The molecule has 5 atom stereocenters. The third kappa shape index (κ3) is 3.69. The Hall–Kier alpha value is -0.960. The average Bonchev–Trinajstić information content (AvgIpc) is 3.37. The SMILES string of the molecule is CN=C(NC1CC1c1c(F)cccc1F)NC1C2CCCOC2C1(C)C.I. The van der Waals surface area contributed by atoms with E-state index in [1.54, 1.807) is 7.05 Å². The fourth-order valence-corrected chi connectivity index (χ4v) is 4.85. The first-order valence-corrected chi connectivity index (χ1v) is 9.49. The summed E-state index contributed by atoms with van der Waals surface area (Å²) in [6.07, 6.45) is 3.27. The highest BCUT2D eigenvalue weighted by Gasteiger charge is 2.58. The summed E-state index contributed by atoms with van der Waals surface area (Å²) in [6.45, 7) is 5.29. The quantitative estimate of drug-likeness (QED) is 0.384. The zero-order valence-corrected chi connectivity index (χ0v) is 18.3. The maximum Gasteiger partial charge on any atom is 0.191 e. The van der Waals surface area contributed by atoms with Gasteiger partial charge in [0.2, 0.25) is 0 Å². The number of fused-ring (bicyclic) bond motifs is 1. The normalized spacial score (nSPS) is 34.0. The van der Waals surface area contributed by atoms with Crippen LogP contribution < -0.4 is 10.6 Å². The molecule has 4 nitrogen and oxygen atoms in total. The molecular weight excluding hydrogens is 463 g/mol. The number of rotatable bonds is 3. The maximum absolute atomic E-state index is 14.0. The van der Waals surface area contributed by atoms with Gasteiger partial charge >= 0.3 is 0 Å². The van der Waals surface area contributed by atoms with Gasteiger partial charge in [-0.15, -0.1) is 24.0 Å². The molecule has 1 aliphatic heterocycles. The van der Waals surface area contributed by atoms with Crippen LogP contribution in [0.4, 0.5) is 8.78 Å². The highest BCUT2D eigenvalue weighted by atomic mass is 127. The Kier molecular flexibility index (Phi) is 6.01. The summed E-state index contributed by atoms with van der Waals surface area (Å²) in [4.78, 5) is 4.33. The van der Waals surface area contributed by atoms with Gasteiger partial charge < -0.3 is 15.4 Å². The van der Waals surface area contributed by atoms with Crippen LogP contribution in [0.5, 0.6) is 0 Å². The minimum atomic E-state index is -0.468. The summed E-state index contributed by atoms with van der Waals surface area (Å²) >= 11 is 0. The second-order valence-corrected chi connectivity index (χ2v) is 8.34.